The van der Waals surface area contributed by atoms with E-state index in [1.165, 1.54) is 26.1 Å². The first-order valence-corrected chi connectivity index (χ1v) is 12.6. The average Bonchev–Trinajstić information content (AvgIpc) is 2.90. The zero-order valence-electron chi connectivity index (χ0n) is 22.2. The second-order valence-corrected chi connectivity index (χ2v) is 10.7. The number of ether oxygens (including phenoxy) is 1. The van der Waals surface area contributed by atoms with E-state index >= 15 is 0 Å². The molecule has 0 fully saturated rings. The quantitative estimate of drug-likeness (QED) is 0.303. The van der Waals surface area contributed by atoms with E-state index in [1.807, 2.05) is 0 Å². The van der Waals surface area contributed by atoms with Gasteiger partial charge in [0, 0.05) is 17.1 Å². The number of hydrogen-bond donors (Lipinski definition) is 6. The van der Waals surface area contributed by atoms with Crippen LogP contribution >= 0.6 is 0 Å². The van der Waals surface area contributed by atoms with Crippen molar-refractivity contribution >= 4 is 17.5 Å². The fraction of sp³-hybridized carbons (Fsp3) is 0.345. The second-order valence-electron chi connectivity index (χ2n) is 10.7. The first kappa shape index (κ1) is 27.4. The third kappa shape index (κ3) is 3.44. The molecule has 0 saturated carbocycles. The SMILES string of the molecule is COc1ccc(-c2ccc3c(c2O)C(=O)C2=C(O)C4(O)C(=O)C(C(N)=O)=C(O)[C@@H](N(C)C)C4C(O)C2C3C)cc1. The molecular weight excluding hydrogens is 520 g/mol. The summed E-state index contributed by atoms with van der Waals surface area (Å²) in [7, 11) is 4.49. The predicted molar refractivity (Wildman–Crippen MR) is 142 cm³/mol. The molecule has 2 aromatic carbocycles. The van der Waals surface area contributed by atoms with Gasteiger partial charge in [0.2, 0.25) is 5.78 Å². The number of rotatable bonds is 4. The molecule has 7 N–H and O–H groups in total. The monoisotopic (exact) mass is 550 g/mol. The van der Waals surface area contributed by atoms with Crippen molar-refractivity contribution in [1.29, 1.82) is 0 Å². The summed E-state index contributed by atoms with van der Waals surface area (Å²) in [4.78, 5) is 41.0. The molecule has 0 spiro atoms. The summed E-state index contributed by atoms with van der Waals surface area (Å²) < 4.78 is 5.17. The minimum atomic E-state index is -2.95. The summed E-state index contributed by atoms with van der Waals surface area (Å²) in [5.41, 5.74) is 2.16. The van der Waals surface area contributed by atoms with Gasteiger partial charge in [-0.25, -0.2) is 0 Å². The minimum absolute atomic E-state index is 0.145. The number of phenols is 1. The number of amides is 1. The molecule has 5 rings (SSSR count). The number of primary amides is 1. The van der Waals surface area contributed by atoms with Crippen molar-refractivity contribution in [3.8, 4) is 22.6 Å². The molecule has 3 aliphatic rings. The maximum Gasteiger partial charge on any atom is 0.255 e. The van der Waals surface area contributed by atoms with Crippen LogP contribution in [0.25, 0.3) is 11.1 Å². The third-order valence-electron chi connectivity index (χ3n) is 8.53. The highest BCUT2D eigenvalue weighted by atomic mass is 16.5. The number of fused-ring (bicyclic) bond motifs is 3. The van der Waals surface area contributed by atoms with Crippen LogP contribution in [0, 0.1) is 11.8 Å². The van der Waals surface area contributed by atoms with Gasteiger partial charge in [0.25, 0.3) is 5.91 Å². The fourth-order valence-corrected chi connectivity index (χ4v) is 6.63. The summed E-state index contributed by atoms with van der Waals surface area (Å²) in [6.45, 7) is 1.68. The van der Waals surface area contributed by atoms with E-state index in [1.54, 1.807) is 43.3 Å². The second kappa shape index (κ2) is 9.19. The summed E-state index contributed by atoms with van der Waals surface area (Å²) >= 11 is 0. The smallest absolute Gasteiger partial charge is 0.255 e. The number of aliphatic hydroxyl groups excluding tert-OH is 3. The number of nitrogens with zero attached hydrogens (tertiary/aromatic N) is 1. The molecule has 11 heteroatoms. The van der Waals surface area contributed by atoms with Crippen molar-refractivity contribution in [1.82, 2.24) is 4.90 Å². The topological polar surface area (TPSA) is 191 Å². The Hall–Kier alpha value is -4.19. The van der Waals surface area contributed by atoms with Crippen molar-refractivity contribution < 1.29 is 44.7 Å². The van der Waals surface area contributed by atoms with Gasteiger partial charge in [0.05, 0.1) is 30.7 Å². The highest BCUT2D eigenvalue weighted by molar-refractivity contribution is 6.25. The van der Waals surface area contributed by atoms with Crippen molar-refractivity contribution in [3.05, 3.63) is 70.2 Å². The van der Waals surface area contributed by atoms with Gasteiger partial charge in [0.1, 0.15) is 28.6 Å². The number of Topliss-reactive ketones (excluding diaryl/α,β-unsaturated/α-hetero) is 2. The lowest BCUT2D eigenvalue weighted by Crippen LogP contribution is -2.68. The van der Waals surface area contributed by atoms with Crippen LogP contribution in [0.1, 0.15) is 28.8 Å². The number of nitrogens with two attached hydrogens (primary N) is 1. The van der Waals surface area contributed by atoms with Gasteiger partial charge in [-0.2, -0.15) is 0 Å². The third-order valence-corrected chi connectivity index (χ3v) is 8.53. The molecule has 210 valence electrons. The van der Waals surface area contributed by atoms with Crippen LogP contribution in [-0.2, 0) is 9.59 Å². The van der Waals surface area contributed by atoms with Gasteiger partial charge >= 0.3 is 0 Å². The number of aromatic hydroxyl groups is 1. The molecule has 0 radical (unpaired) electrons. The maximum absolute atomic E-state index is 14.0. The molecule has 0 heterocycles. The number of likely N-dealkylation sites (N-methyl/N-ethyl adjacent to an activating group) is 1. The number of aliphatic hydroxyl groups is 4. The molecule has 0 aromatic heterocycles. The van der Waals surface area contributed by atoms with Crippen LogP contribution in [0.5, 0.6) is 11.5 Å². The van der Waals surface area contributed by atoms with Gasteiger partial charge in [0.15, 0.2) is 11.4 Å². The first-order valence-electron chi connectivity index (χ1n) is 12.6. The Morgan fingerprint density at radius 3 is 2.23 bits per heavy atom. The molecular formula is C29H30N2O9. The van der Waals surface area contributed by atoms with Crippen molar-refractivity contribution in [2.24, 2.45) is 17.6 Å². The summed E-state index contributed by atoms with van der Waals surface area (Å²) in [6.07, 6.45) is -1.64. The number of carbonyl (C=O) groups is 3. The van der Waals surface area contributed by atoms with Crippen LogP contribution in [-0.4, -0.2) is 86.9 Å². The van der Waals surface area contributed by atoms with Gasteiger partial charge in [-0.05, 0) is 43.3 Å². The number of carbonyl (C=O) groups excluding carboxylic acids is 3. The number of phenolic OH excluding ortho intramolecular Hbond substituents is 1. The number of hydrogen-bond acceptors (Lipinski definition) is 10. The van der Waals surface area contributed by atoms with E-state index < -0.39 is 75.6 Å². The van der Waals surface area contributed by atoms with Crippen LogP contribution in [0.15, 0.2) is 59.1 Å². The number of methoxy groups -OCH3 is 1. The molecule has 11 nitrogen and oxygen atoms in total. The van der Waals surface area contributed by atoms with Gasteiger partial charge < -0.3 is 36.0 Å². The van der Waals surface area contributed by atoms with E-state index in [4.69, 9.17) is 10.5 Å². The van der Waals surface area contributed by atoms with Crippen LogP contribution in [0.3, 0.4) is 0 Å². The Morgan fingerprint density at radius 1 is 1.05 bits per heavy atom. The molecule has 0 bridgehead atoms. The van der Waals surface area contributed by atoms with E-state index in [2.05, 4.69) is 0 Å². The average molecular weight is 551 g/mol. The Bertz CT molecular complexity index is 1520. The molecule has 0 aliphatic heterocycles. The summed E-state index contributed by atoms with van der Waals surface area (Å²) in [5, 5.41) is 57.1. The molecule has 0 saturated heterocycles. The summed E-state index contributed by atoms with van der Waals surface area (Å²) in [5.74, 6) is -8.59. The lowest BCUT2D eigenvalue weighted by molar-refractivity contribution is -0.162. The molecule has 40 heavy (non-hydrogen) atoms. The van der Waals surface area contributed by atoms with E-state index in [9.17, 15) is 39.9 Å². The maximum atomic E-state index is 14.0. The van der Waals surface area contributed by atoms with Gasteiger partial charge in [-0.3, -0.25) is 19.3 Å². The van der Waals surface area contributed by atoms with Crippen molar-refractivity contribution in [2.75, 3.05) is 21.2 Å². The van der Waals surface area contributed by atoms with Crippen LogP contribution < -0.4 is 10.5 Å². The van der Waals surface area contributed by atoms with Gasteiger partial charge in [-0.1, -0.05) is 31.2 Å². The lowest BCUT2D eigenvalue weighted by Gasteiger charge is -2.53. The van der Waals surface area contributed by atoms with Crippen LogP contribution in [0.2, 0.25) is 0 Å². The number of benzene rings is 2. The van der Waals surface area contributed by atoms with E-state index in [-0.39, 0.29) is 11.3 Å². The van der Waals surface area contributed by atoms with Gasteiger partial charge in [-0.15, -0.1) is 0 Å². The fourth-order valence-electron chi connectivity index (χ4n) is 6.63. The largest absolute Gasteiger partial charge is 0.510 e. The van der Waals surface area contributed by atoms with E-state index in [0.29, 0.717) is 22.4 Å². The first-order chi connectivity index (χ1) is 18.8. The Kier molecular flexibility index (Phi) is 6.29. The number of ketones is 2. The highest BCUT2D eigenvalue weighted by Gasteiger charge is 2.67. The van der Waals surface area contributed by atoms with E-state index in [0.717, 1.165) is 0 Å². The zero-order valence-corrected chi connectivity index (χ0v) is 22.2. The predicted octanol–water partition coefficient (Wildman–Crippen LogP) is 1.33. The Balaban J connectivity index is 1.74. The molecule has 5 unspecified atom stereocenters. The zero-order chi connectivity index (χ0) is 29.4. The highest BCUT2D eigenvalue weighted by Crippen LogP contribution is 2.56. The molecule has 2 aromatic rings. The Morgan fingerprint density at radius 2 is 1.68 bits per heavy atom. The Labute approximate surface area is 229 Å². The van der Waals surface area contributed by atoms with Crippen molar-refractivity contribution in [3.63, 3.8) is 0 Å². The standard InChI is InChI=1S/C29H30N2O9/c1-11-14-9-10-15(12-5-7-13(40-4)8-6-12)22(32)17(14)23(33)18-16(11)24(34)20-21(31(2)3)25(35)19(28(30)38)27(37)29(20,39)26(18)36/h5-11,16,20-21,24,32,34-36,39H,1-4H3,(H2,30,38)/t11?,16?,20?,21-,24?,29?/m0/s1. The minimum Gasteiger partial charge on any atom is -0.510 e. The molecule has 6 atom stereocenters. The van der Waals surface area contributed by atoms with Crippen LogP contribution in [0.4, 0.5) is 0 Å². The lowest BCUT2D eigenvalue weighted by atomic mass is 9.55. The normalized spacial score (nSPS) is 29.7. The summed E-state index contributed by atoms with van der Waals surface area (Å²) in [6, 6.07) is 8.74. The molecule has 3 aliphatic carbocycles. The van der Waals surface area contributed by atoms with Crippen molar-refractivity contribution in [2.45, 2.75) is 30.6 Å². The molecule has 1 amide bonds.